The van der Waals surface area contributed by atoms with Gasteiger partial charge in [0.1, 0.15) is 16.5 Å². The first-order valence-corrected chi connectivity index (χ1v) is 10.3. The van der Waals surface area contributed by atoms with Gasteiger partial charge in [0.2, 0.25) is 0 Å². The summed E-state index contributed by atoms with van der Waals surface area (Å²) in [6, 6.07) is 15.9. The van der Waals surface area contributed by atoms with E-state index >= 15 is 0 Å². The van der Waals surface area contributed by atoms with Crippen molar-refractivity contribution in [3.63, 3.8) is 0 Å². The van der Waals surface area contributed by atoms with Gasteiger partial charge in [-0.05, 0) is 48.0 Å². The fourth-order valence-electron chi connectivity index (χ4n) is 2.81. The highest BCUT2D eigenvalue weighted by Gasteiger charge is 2.16. The normalized spacial score (nSPS) is 10.8. The molecule has 0 fully saturated rings. The zero-order chi connectivity index (χ0) is 21.8. The molecule has 1 N–H and O–H groups in total. The molecule has 2 heterocycles. The van der Waals surface area contributed by atoms with E-state index in [1.54, 1.807) is 53.3 Å². The Hall–Kier alpha value is -3.00. The van der Waals surface area contributed by atoms with E-state index in [0.29, 0.717) is 33.1 Å². The van der Waals surface area contributed by atoms with Crippen molar-refractivity contribution in [3.05, 3.63) is 93.3 Å². The summed E-state index contributed by atoms with van der Waals surface area (Å²) in [4.78, 5) is 12.7. The molecule has 0 saturated heterocycles. The highest BCUT2D eigenvalue weighted by atomic mass is 35.5. The Bertz CT molecular complexity index is 1190. The lowest BCUT2D eigenvalue weighted by Gasteiger charge is -2.09. The van der Waals surface area contributed by atoms with Gasteiger partial charge in [0.05, 0.1) is 6.54 Å². The van der Waals surface area contributed by atoms with Gasteiger partial charge in [0, 0.05) is 22.4 Å². The second-order valence-electron chi connectivity index (χ2n) is 6.55. The van der Waals surface area contributed by atoms with Crippen molar-refractivity contribution < 1.29 is 9.53 Å². The first-order valence-electron chi connectivity index (χ1n) is 9.17. The number of rotatable bonds is 7. The molecule has 0 aliphatic carbocycles. The Morgan fingerprint density at radius 1 is 0.968 bits per heavy atom. The van der Waals surface area contributed by atoms with E-state index in [1.165, 1.54) is 10.9 Å². The number of ether oxygens (including phenoxy) is 1. The third kappa shape index (κ3) is 5.38. The summed E-state index contributed by atoms with van der Waals surface area (Å²) in [5, 5.41) is 12.8. The van der Waals surface area contributed by atoms with E-state index in [9.17, 15) is 4.79 Å². The first-order chi connectivity index (χ1) is 15.0. The summed E-state index contributed by atoms with van der Waals surface area (Å²) in [7, 11) is 0. The number of benzene rings is 2. The fraction of sp³-hybridized carbons (Fsp3) is 0.0952. The molecule has 0 aliphatic heterocycles. The third-order valence-electron chi connectivity index (χ3n) is 4.32. The molecule has 0 aliphatic rings. The van der Waals surface area contributed by atoms with Gasteiger partial charge in [0.15, 0.2) is 12.5 Å². The molecule has 0 unspecified atom stereocenters. The van der Waals surface area contributed by atoms with Crippen molar-refractivity contribution in [2.24, 2.45) is 0 Å². The van der Waals surface area contributed by atoms with Gasteiger partial charge in [-0.3, -0.25) is 9.48 Å². The van der Waals surface area contributed by atoms with Crippen LogP contribution < -0.4 is 10.1 Å². The van der Waals surface area contributed by atoms with E-state index in [1.807, 2.05) is 12.1 Å². The maximum absolute atomic E-state index is 12.7. The molecular formula is C21H16Cl3N5O2. The Kier molecular flexibility index (Phi) is 6.46. The zero-order valence-electron chi connectivity index (χ0n) is 16.0. The van der Waals surface area contributed by atoms with E-state index in [-0.39, 0.29) is 12.5 Å². The van der Waals surface area contributed by atoms with Crippen LogP contribution >= 0.6 is 34.8 Å². The molecule has 7 nitrogen and oxygen atoms in total. The summed E-state index contributed by atoms with van der Waals surface area (Å²) < 4.78 is 8.73. The molecule has 10 heteroatoms. The Morgan fingerprint density at radius 2 is 1.65 bits per heavy atom. The largest absolute Gasteiger partial charge is 0.471 e. The van der Waals surface area contributed by atoms with E-state index in [2.05, 4.69) is 15.5 Å². The van der Waals surface area contributed by atoms with Crippen LogP contribution in [-0.2, 0) is 13.3 Å². The Labute approximate surface area is 193 Å². The van der Waals surface area contributed by atoms with Crippen molar-refractivity contribution in [3.8, 4) is 5.75 Å². The van der Waals surface area contributed by atoms with Gasteiger partial charge in [-0.25, -0.2) is 4.68 Å². The number of carbonyl (C=O) groups excluding carboxylic acids is 1. The second-order valence-corrected chi connectivity index (χ2v) is 7.83. The molecule has 4 aromatic rings. The number of nitrogens with zero attached hydrogens (tertiary/aromatic N) is 4. The summed E-state index contributed by atoms with van der Waals surface area (Å²) in [5.74, 6) is 0.457. The minimum Gasteiger partial charge on any atom is -0.471 e. The van der Waals surface area contributed by atoms with Crippen LogP contribution in [0, 0.1) is 0 Å². The number of hydrogen-bond donors (Lipinski definition) is 1. The summed E-state index contributed by atoms with van der Waals surface area (Å²) in [5.41, 5.74) is 1.30. The quantitative estimate of drug-likeness (QED) is 0.389. The van der Waals surface area contributed by atoms with Gasteiger partial charge in [0.25, 0.3) is 5.91 Å². The van der Waals surface area contributed by atoms with Crippen LogP contribution in [0.5, 0.6) is 5.75 Å². The number of halogens is 3. The lowest BCUT2D eigenvalue weighted by molar-refractivity contribution is 0.100. The Balaban J connectivity index is 1.42. The zero-order valence-corrected chi connectivity index (χ0v) is 18.3. The minimum absolute atomic E-state index is 0.0517. The molecule has 158 valence electrons. The van der Waals surface area contributed by atoms with Crippen molar-refractivity contribution in [2.75, 3.05) is 5.32 Å². The van der Waals surface area contributed by atoms with Crippen LogP contribution in [0.15, 0.2) is 67.0 Å². The molecule has 2 aromatic carbocycles. The van der Waals surface area contributed by atoms with Crippen molar-refractivity contribution in [1.82, 2.24) is 19.6 Å². The van der Waals surface area contributed by atoms with Crippen molar-refractivity contribution in [1.29, 1.82) is 0 Å². The van der Waals surface area contributed by atoms with Gasteiger partial charge < -0.3 is 10.1 Å². The molecular weight excluding hydrogens is 461 g/mol. The van der Waals surface area contributed by atoms with E-state index in [4.69, 9.17) is 39.5 Å². The predicted molar refractivity (Wildman–Crippen MR) is 120 cm³/mol. The molecule has 0 bridgehead atoms. The topological polar surface area (TPSA) is 74.0 Å². The monoisotopic (exact) mass is 475 g/mol. The van der Waals surface area contributed by atoms with Gasteiger partial charge in [-0.15, -0.1) is 0 Å². The molecule has 0 spiro atoms. The molecule has 2 aromatic heterocycles. The van der Waals surface area contributed by atoms with Crippen LogP contribution in [0.25, 0.3) is 0 Å². The summed E-state index contributed by atoms with van der Waals surface area (Å²) in [6.07, 6.45) is 3.16. The molecule has 0 radical (unpaired) electrons. The van der Waals surface area contributed by atoms with Crippen LogP contribution in [-0.4, -0.2) is 25.5 Å². The number of aromatic nitrogens is 4. The predicted octanol–water partition coefficient (Wildman–Crippen LogP) is 5.38. The van der Waals surface area contributed by atoms with Crippen molar-refractivity contribution >= 4 is 46.5 Å². The van der Waals surface area contributed by atoms with Gasteiger partial charge in [-0.2, -0.15) is 10.2 Å². The number of hydrogen-bond acceptors (Lipinski definition) is 4. The number of nitrogens with one attached hydrogen (secondary N) is 1. The first kappa shape index (κ1) is 21.2. The van der Waals surface area contributed by atoms with Crippen LogP contribution in [0.1, 0.15) is 16.1 Å². The standard InChI is InChI=1S/C21H16Cl3N5O2/c22-15-3-1-14(2-4-15)11-28-12-18(24)20(27-28)26-21(30)19-9-10-25-29(19)13-31-17-7-5-16(23)6-8-17/h1-10,12H,11,13H2,(H,26,27,30). The fourth-order valence-corrected chi connectivity index (χ4v) is 3.26. The van der Waals surface area contributed by atoms with E-state index in [0.717, 1.165) is 5.56 Å². The average Bonchev–Trinajstić information content (AvgIpc) is 3.36. The highest BCUT2D eigenvalue weighted by molar-refractivity contribution is 6.33. The number of anilines is 1. The average molecular weight is 477 g/mol. The van der Waals surface area contributed by atoms with E-state index < -0.39 is 5.91 Å². The maximum atomic E-state index is 12.7. The van der Waals surface area contributed by atoms with Crippen LogP contribution in [0.3, 0.4) is 0 Å². The van der Waals surface area contributed by atoms with Gasteiger partial charge in [-0.1, -0.05) is 46.9 Å². The minimum atomic E-state index is -0.407. The number of carbonyl (C=O) groups is 1. The van der Waals surface area contributed by atoms with Crippen LogP contribution in [0.4, 0.5) is 5.82 Å². The molecule has 0 saturated carbocycles. The molecule has 31 heavy (non-hydrogen) atoms. The smallest absolute Gasteiger partial charge is 0.275 e. The Morgan fingerprint density at radius 3 is 2.35 bits per heavy atom. The van der Waals surface area contributed by atoms with Gasteiger partial charge >= 0.3 is 0 Å². The lowest BCUT2D eigenvalue weighted by Crippen LogP contribution is -2.20. The number of amides is 1. The SMILES string of the molecule is O=C(Nc1nn(Cc2ccc(Cl)cc2)cc1Cl)c1ccnn1COc1ccc(Cl)cc1. The second kappa shape index (κ2) is 9.43. The molecule has 4 rings (SSSR count). The maximum Gasteiger partial charge on any atom is 0.275 e. The third-order valence-corrected chi connectivity index (χ3v) is 5.10. The molecule has 0 atom stereocenters. The van der Waals surface area contributed by atoms with Crippen LogP contribution in [0.2, 0.25) is 15.1 Å². The lowest BCUT2D eigenvalue weighted by atomic mass is 10.2. The van der Waals surface area contributed by atoms with Crippen molar-refractivity contribution in [2.45, 2.75) is 13.3 Å². The summed E-state index contributed by atoms with van der Waals surface area (Å²) >= 11 is 18.0. The highest BCUT2D eigenvalue weighted by Crippen LogP contribution is 2.21. The summed E-state index contributed by atoms with van der Waals surface area (Å²) in [6.45, 7) is 0.537. The molecule has 1 amide bonds.